The molecule has 1 fully saturated rings. The largest absolute Gasteiger partial charge is 0.497 e. The van der Waals surface area contributed by atoms with Crippen LogP contribution in [0.3, 0.4) is 0 Å². The maximum atomic E-state index is 14.2. The Bertz CT molecular complexity index is 1490. The quantitative estimate of drug-likeness (QED) is 0.306. The average molecular weight is 610 g/mol. The van der Waals surface area contributed by atoms with Crippen LogP contribution in [0.1, 0.15) is 38.2 Å². The van der Waals surface area contributed by atoms with Gasteiger partial charge in [0.25, 0.3) is 10.0 Å². The van der Waals surface area contributed by atoms with Crippen molar-refractivity contribution in [1.82, 2.24) is 10.2 Å². The molecule has 1 N–H and O–H groups in total. The summed E-state index contributed by atoms with van der Waals surface area (Å²) in [4.78, 5) is 28.9. The van der Waals surface area contributed by atoms with Crippen LogP contribution >= 0.6 is 0 Å². The molecule has 0 aliphatic heterocycles. The second kappa shape index (κ2) is 14.3. The third-order valence-corrected chi connectivity index (χ3v) is 9.43. The van der Waals surface area contributed by atoms with Gasteiger partial charge in [-0.1, -0.05) is 37.1 Å². The number of rotatable bonds is 13. The number of amides is 2. The molecule has 230 valence electrons. The molecule has 0 unspecified atom stereocenters. The Morgan fingerprint density at radius 3 is 2.02 bits per heavy atom. The minimum Gasteiger partial charge on any atom is -0.497 e. The van der Waals surface area contributed by atoms with Crippen LogP contribution in [0, 0.1) is 0 Å². The number of nitrogens with one attached hydrogen (secondary N) is 1. The van der Waals surface area contributed by atoms with E-state index in [2.05, 4.69) is 5.32 Å². The number of nitrogens with zero attached hydrogens (tertiary/aromatic N) is 2. The molecule has 4 rings (SSSR count). The number of hydrogen-bond acceptors (Lipinski definition) is 7. The van der Waals surface area contributed by atoms with Crippen LogP contribution in [0.5, 0.6) is 17.2 Å². The summed E-state index contributed by atoms with van der Waals surface area (Å²) in [6, 6.07) is 18.9. The van der Waals surface area contributed by atoms with Gasteiger partial charge in [0.15, 0.2) is 0 Å². The fourth-order valence-corrected chi connectivity index (χ4v) is 6.55. The van der Waals surface area contributed by atoms with Crippen molar-refractivity contribution in [3.8, 4) is 17.2 Å². The molecule has 1 aliphatic carbocycles. The number of carbonyl (C=O) groups excluding carboxylic acids is 2. The Labute approximate surface area is 253 Å². The first-order valence-electron chi connectivity index (χ1n) is 14.2. The predicted molar refractivity (Wildman–Crippen MR) is 164 cm³/mol. The Balaban J connectivity index is 1.71. The summed E-state index contributed by atoms with van der Waals surface area (Å²) in [5.41, 5.74) is 0.957. The van der Waals surface area contributed by atoms with E-state index in [4.69, 9.17) is 14.2 Å². The zero-order valence-corrected chi connectivity index (χ0v) is 25.8. The number of benzene rings is 3. The minimum absolute atomic E-state index is 0.0271. The smallest absolute Gasteiger partial charge is 0.264 e. The lowest BCUT2D eigenvalue weighted by Crippen LogP contribution is -2.52. The van der Waals surface area contributed by atoms with Gasteiger partial charge in [0.2, 0.25) is 11.8 Å². The molecule has 1 saturated carbocycles. The third kappa shape index (κ3) is 7.59. The van der Waals surface area contributed by atoms with E-state index in [1.807, 2.05) is 12.1 Å². The van der Waals surface area contributed by atoms with E-state index in [1.165, 1.54) is 31.3 Å². The Kier molecular flexibility index (Phi) is 10.5. The topological polar surface area (TPSA) is 114 Å². The van der Waals surface area contributed by atoms with Crippen LogP contribution in [0.25, 0.3) is 0 Å². The first-order chi connectivity index (χ1) is 20.7. The van der Waals surface area contributed by atoms with Crippen molar-refractivity contribution in [3.63, 3.8) is 0 Å². The molecule has 10 nitrogen and oxygen atoms in total. The standard InChI is InChI=1S/C32H39N3O7S/c1-23(32(37)33-25-9-5-6-10-25)34(21-24-13-15-26(40-2)16-14-24)31(36)22-35(29-11-7-8-12-30(29)42-4)43(38,39)28-19-17-27(41-3)18-20-28/h7-8,11-20,23,25H,5-6,9-10,21-22H2,1-4H3,(H,33,37)/t23-/m1/s1. The van der Waals surface area contributed by atoms with Crippen molar-refractivity contribution < 1.29 is 32.2 Å². The second-order valence-electron chi connectivity index (χ2n) is 10.4. The molecular weight excluding hydrogens is 570 g/mol. The fourth-order valence-electron chi connectivity index (χ4n) is 5.13. The number of anilines is 1. The molecule has 0 radical (unpaired) electrons. The number of hydrogen-bond donors (Lipinski definition) is 1. The first-order valence-corrected chi connectivity index (χ1v) is 15.6. The number of para-hydroxylation sites is 2. The molecule has 1 aliphatic rings. The van der Waals surface area contributed by atoms with Gasteiger partial charge in [-0.25, -0.2) is 8.42 Å². The van der Waals surface area contributed by atoms with Gasteiger partial charge < -0.3 is 24.4 Å². The van der Waals surface area contributed by atoms with Crippen molar-refractivity contribution >= 4 is 27.5 Å². The fraction of sp³-hybridized carbons (Fsp3) is 0.375. The van der Waals surface area contributed by atoms with Crippen LogP contribution in [-0.4, -0.2) is 65.1 Å². The molecule has 0 bridgehead atoms. The van der Waals surface area contributed by atoms with Crippen molar-refractivity contribution in [2.75, 3.05) is 32.2 Å². The summed E-state index contributed by atoms with van der Waals surface area (Å²) in [6.07, 6.45) is 3.88. The summed E-state index contributed by atoms with van der Waals surface area (Å²) in [7, 11) is 0.237. The number of methoxy groups -OCH3 is 3. The van der Waals surface area contributed by atoms with Gasteiger partial charge in [0.05, 0.1) is 31.9 Å². The minimum atomic E-state index is -4.25. The van der Waals surface area contributed by atoms with Crippen molar-refractivity contribution in [2.24, 2.45) is 0 Å². The summed E-state index contributed by atoms with van der Waals surface area (Å²) < 4.78 is 45.1. The van der Waals surface area contributed by atoms with Gasteiger partial charge in [0, 0.05) is 12.6 Å². The van der Waals surface area contributed by atoms with Gasteiger partial charge in [-0.2, -0.15) is 0 Å². The lowest BCUT2D eigenvalue weighted by atomic mass is 10.1. The zero-order valence-electron chi connectivity index (χ0n) is 25.0. The maximum Gasteiger partial charge on any atom is 0.264 e. The molecule has 0 spiro atoms. The van der Waals surface area contributed by atoms with Crippen LogP contribution in [0.4, 0.5) is 5.69 Å². The Morgan fingerprint density at radius 2 is 1.44 bits per heavy atom. The highest BCUT2D eigenvalue weighted by Gasteiger charge is 2.34. The molecule has 0 saturated heterocycles. The lowest BCUT2D eigenvalue weighted by Gasteiger charge is -2.33. The molecule has 0 aromatic heterocycles. The monoisotopic (exact) mass is 609 g/mol. The SMILES string of the molecule is COc1ccc(CN(C(=O)CN(c2ccccc2OC)S(=O)(=O)c2ccc(OC)cc2)[C@H](C)C(=O)NC2CCCC2)cc1. The van der Waals surface area contributed by atoms with Crippen LogP contribution < -0.4 is 23.8 Å². The van der Waals surface area contributed by atoms with E-state index in [0.29, 0.717) is 11.5 Å². The van der Waals surface area contributed by atoms with Gasteiger partial charge >= 0.3 is 0 Å². The summed E-state index contributed by atoms with van der Waals surface area (Å²) in [5, 5.41) is 3.07. The molecule has 0 heterocycles. The Morgan fingerprint density at radius 1 is 0.860 bits per heavy atom. The third-order valence-electron chi connectivity index (χ3n) is 7.66. The molecule has 3 aromatic rings. The van der Waals surface area contributed by atoms with E-state index in [1.54, 1.807) is 62.6 Å². The van der Waals surface area contributed by atoms with E-state index in [9.17, 15) is 18.0 Å². The van der Waals surface area contributed by atoms with Crippen LogP contribution in [0.15, 0.2) is 77.7 Å². The molecule has 11 heteroatoms. The normalized spacial score (nSPS) is 14.0. The highest BCUT2D eigenvalue weighted by Crippen LogP contribution is 2.33. The van der Waals surface area contributed by atoms with Gasteiger partial charge in [-0.15, -0.1) is 0 Å². The van der Waals surface area contributed by atoms with E-state index >= 15 is 0 Å². The van der Waals surface area contributed by atoms with E-state index < -0.39 is 28.5 Å². The predicted octanol–water partition coefficient (Wildman–Crippen LogP) is 4.38. The van der Waals surface area contributed by atoms with Gasteiger partial charge in [-0.3, -0.25) is 13.9 Å². The van der Waals surface area contributed by atoms with Gasteiger partial charge in [0.1, 0.15) is 29.8 Å². The lowest BCUT2D eigenvalue weighted by molar-refractivity contribution is -0.139. The number of carbonyl (C=O) groups is 2. The maximum absolute atomic E-state index is 14.2. The van der Waals surface area contributed by atoms with Crippen LogP contribution in [-0.2, 0) is 26.2 Å². The molecule has 2 amide bonds. The summed E-state index contributed by atoms with van der Waals surface area (Å²) >= 11 is 0. The molecule has 43 heavy (non-hydrogen) atoms. The second-order valence-corrected chi connectivity index (χ2v) is 12.3. The first kappa shape index (κ1) is 31.7. The van der Waals surface area contributed by atoms with E-state index in [-0.39, 0.29) is 34.8 Å². The zero-order chi connectivity index (χ0) is 31.0. The highest BCUT2D eigenvalue weighted by atomic mass is 32.2. The summed E-state index contributed by atoms with van der Waals surface area (Å²) in [6.45, 7) is 1.19. The number of ether oxygens (including phenoxy) is 3. The molecular formula is C32H39N3O7S. The molecule has 3 aromatic carbocycles. The number of sulfonamides is 1. The summed E-state index contributed by atoms with van der Waals surface area (Å²) in [5.74, 6) is 0.595. The average Bonchev–Trinajstić information content (AvgIpc) is 3.55. The van der Waals surface area contributed by atoms with Crippen LogP contribution in [0.2, 0.25) is 0 Å². The van der Waals surface area contributed by atoms with Gasteiger partial charge in [-0.05, 0) is 73.9 Å². The Hall–Kier alpha value is -4.25. The highest BCUT2D eigenvalue weighted by molar-refractivity contribution is 7.92. The van der Waals surface area contributed by atoms with Crippen molar-refractivity contribution in [2.45, 2.75) is 56.1 Å². The molecule has 1 atom stereocenters. The van der Waals surface area contributed by atoms with E-state index in [0.717, 1.165) is 35.6 Å². The van der Waals surface area contributed by atoms with Crippen molar-refractivity contribution in [3.05, 3.63) is 78.4 Å². The van der Waals surface area contributed by atoms with Crippen molar-refractivity contribution in [1.29, 1.82) is 0 Å².